The number of amides is 1. The molecule has 0 aromatic heterocycles. The maximum Gasteiger partial charge on any atom is 0.408 e. The first-order chi connectivity index (χ1) is 11.2. The molecule has 1 aromatic rings. The third-order valence-corrected chi connectivity index (χ3v) is 2.98. The van der Waals surface area contributed by atoms with Crippen molar-refractivity contribution in [3.8, 4) is 5.75 Å². The Balaban J connectivity index is 2.81. The molecule has 0 spiro atoms. The first kappa shape index (κ1) is 19.5. The van der Waals surface area contributed by atoms with Gasteiger partial charge in [-0.05, 0) is 44.9 Å². The highest BCUT2D eigenvalue weighted by Crippen LogP contribution is 2.14. The summed E-state index contributed by atoms with van der Waals surface area (Å²) in [6.45, 7) is 5.36. The minimum atomic E-state index is -0.596. The van der Waals surface area contributed by atoms with E-state index >= 15 is 0 Å². The van der Waals surface area contributed by atoms with Crippen LogP contribution in [-0.4, -0.2) is 37.9 Å². The van der Waals surface area contributed by atoms with E-state index in [1.54, 1.807) is 34.0 Å². The minimum Gasteiger partial charge on any atom is -0.497 e. The van der Waals surface area contributed by atoms with E-state index in [4.69, 9.17) is 9.47 Å². The molecule has 132 valence electrons. The lowest BCUT2D eigenvalue weighted by atomic mass is 10.1. The minimum absolute atomic E-state index is 0.410. The lowest BCUT2D eigenvalue weighted by Gasteiger charge is -2.22. The number of alkyl carbamates (subject to hydrolysis) is 1. The fourth-order valence-electron chi connectivity index (χ4n) is 1.90. The van der Waals surface area contributed by atoms with Gasteiger partial charge in [0, 0.05) is 6.08 Å². The monoisotopic (exact) mass is 335 g/mol. The predicted octanol–water partition coefficient (Wildman–Crippen LogP) is 2.86. The smallest absolute Gasteiger partial charge is 0.408 e. The van der Waals surface area contributed by atoms with Crippen LogP contribution in [0, 0.1) is 0 Å². The van der Waals surface area contributed by atoms with Gasteiger partial charge in [0.1, 0.15) is 11.4 Å². The predicted molar refractivity (Wildman–Crippen MR) is 91.0 cm³/mol. The zero-order valence-corrected chi connectivity index (χ0v) is 14.8. The number of rotatable bonds is 6. The summed E-state index contributed by atoms with van der Waals surface area (Å²) in [5, 5.41) is 2.74. The van der Waals surface area contributed by atoms with Gasteiger partial charge in [-0.15, -0.1) is 0 Å². The van der Waals surface area contributed by atoms with Crippen LogP contribution in [0.4, 0.5) is 4.79 Å². The van der Waals surface area contributed by atoms with Gasteiger partial charge in [-0.2, -0.15) is 0 Å². The number of ether oxygens (including phenoxy) is 3. The zero-order chi connectivity index (χ0) is 18.2. The summed E-state index contributed by atoms with van der Waals surface area (Å²) >= 11 is 0. The molecule has 6 nitrogen and oxygen atoms in total. The number of methoxy groups -OCH3 is 2. The summed E-state index contributed by atoms with van der Waals surface area (Å²) in [4.78, 5) is 23.3. The molecule has 0 saturated heterocycles. The van der Waals surface area contributed by atoms with Gasteiger partial charge < -0.3 is 19.5 Å². The summed E-state index contributed by atoms with van der Waals surface area (Å²) in [6, 6.07) is 7.06. The zero-order valence-electron chi connectivity index (χ0n) is 14.8. The molecular weight excluding hydrogens is 310 g/mol. The quantitative estimate of drug-likeness (QED) is 0.639. The molecule has 0 aliphatic heterocycles. The van der Waals surface area contributed by atoms with Crippen molar-refractivity contribution in [2.24, 2.45) is 0 Å². The third-order valence-electron chi connectivity index (χ3n) is 2.98. The molecule has 0 saturated carbocycles. The van der Waals surface area contributed by atoms with Crippen LogP contribution < -0.4 is 10.1 Å². The fraction of sp³-hybridized carbons (Fsp3) is 0.444. The molecule has 0 aliphatic rings. The molecule has 0 fully saturated rings. The van der Waals surface area contributed by atoms with Crippen molar-refractivity contribution in [1.29, 1.82) is 0 Å². The third kappa shape index (κ3) is 7.67. The molecular formula is C18H25NO5. The van der Waals surface area contributed by atoms with Crippen LogP contribution >= 0.6 is 0 Å². The molecule has 1 amide bonds. The highest BCUT2D eigenvalue weighted by atomic mass is 16.6. The van der Waals surface area contributed by atoms with Crippen molar-refractivity contribution in [2.75, 3.05) is 14.2 Å². The molecule has 1 aromatic carbocycles. The molecule has 0 aliphatic carbocycles. The molecule has 0 unspecified atom stereocenters. The Bertz CT molecular complexity index is 572. The van der Waals surface area contributed by atoms with Gasteiger partial charge in [0.15, 0.2) is 0 Å². The second kappa shape index (κ2) is 8.96. The largest absolute Gasteiger partial charge is 0.497 e. The number of hydrogen-bond acceptors (Lipinski definition) is 5. The van der Waals surface area contributed by atoms with E-state index in [2.05, 4.69) is 10.1 Å². The van der Waals surface area contributed by atoms with E-state index in [1.807, 2.05) is 24.3 Å². The Hall–Kier alpha value is -2.50. The summed E-state index contributed by atoms with van der Waals surface area (Å²) in [5.41, 5.74) is 0.382. The van der Waals surface area contributed by atoms with Gasteiger partial charge in [0.25, 0.3) is 0 Å². The van der Waals surface area contributed by atoms with Gasteiger partial charge in [0.05, 0.1) is 20.3 Å². The van der Waals surface area contributed by atoms with Gasteiger partial charge >= 0.3 is 12.1 Å². The Labute approximate surface area is 142 Å². The summed E-state index contributed by atoms with van der Waals surface area (Å²) in [5.74, 6) is 0.265. The van der Waals surface area contributed by atoms with Gasteiger partial charge in [0.2, 0.25) is 0 Å². The van der Waals surface area contributed by atoms with Gasteiger partial charge in [-0.3, -0.25) is 0 Å². The van der Waals surface area contributed by atoms with Gasteiger partial charge in [-0.25, -0.2) is 9.59 Å². The Morgan fingerprint density at radius 1 is 1.17 bits per heavy atom. The first-order valence-electron chi connectivity index (χ1n) is 7.62. The lowest BCUT2D eigenvalue weighted by molar-refractivity contribution is -0.134. The number of benzene rings is 1. The molecule has 24 heavy (non-hydrogen) atoms. The first-order valence-corrected chi connectivity index (χ1v) is 7.62. The van der Waals surface area contributed by atoms with E-state index < -0.39 is 23.7 Å². The van der Waals surface area contributed by atoms with Crippen LogP contribution in [0.15, 0.2) is 36.4 Å². The van der Waals surface area contributed by atoms with E-state index in [0.717, 1.165) is 11.3 Å². The van der Waals surface area contributed by atoms with Crippen LogP contribution in [-0.2, 0) is 20.7 Å². The maximum atomic E-state index is 12.0. The highest BCUT2D eigenvalue weighted by molar-refractivity contribution is 5.82. The number of nitrogens with one attached hydrogen (secondary N) is 1. The van der Waals surface area contributed by atoms with E-state index in [0.29, 0.717) is 6.42 Å². The number of carbonyl (C=O) groups excluding carboxylic acids is 2. The number of carbonyl (C=O) groups is 2. The van der Waals surface area contributed by atoms with Crippen molar-refractivity contribution < 1.29 is 23.8 Å². The second-order valence-corrected chi connectivity index (χ2v) is 6.19. The lowest BCUT2D eigenvalue weighted by Crippen LogP contribution is -2.39. The van der Waals surface area contributed by atoms with Crippen molar-refractivity contribution in [1.82, 2.24) is 5.32 Å². The molecule has 6 heteroatoms. The standard InChI is InChI=1S/C18H25NO5/c1-18(2,3)24-17(21)19-14(8-11-16(20)23-5)12-13-6-9-15(22-4)10-7-13/h6-11,14H,12H2,1-5H3,(H,19,21)/t14-/m1/s1. The van der Waals surface area contributed by atoms with Crippen LogP contribution in [0.1, 0.15) is 26.3 Å². The Morgan fingerprint density at radius 2 is 1.79 bits per heavy atom. The van der Waals surface area contributed by atoms with Crippen molar-refractivity contribution in [2.45, 2.75) is 38.8 Å². The second-order valence-electron chi connectivity index (χ2n) is 6.19. The SMILES string of the molecule is COC(=O)C=C[C@H](Cc1ccc(OC)cc1)NC(=O)OC(C)(C)C. The van der Waals surface area contributed by atoms with Gasteiger partial charge in [-0.1, -0.05) is 18.2 Å². The highest BCUT2D eigenvalue weighted by Gasteiger charge is 2.18. The molecule has 1 atom stereocenters. The number of hydrogen-bond donors (Lipinski definition) is 1. The average Bonchev–Trinajstić information content (AvgIpc) is 2.51. The van der Waals surface area contributed by atoms with Crippen LogP contribution in [0.3, 0.4) is 0 Å². The Morgan fingerprint density at radius 3 is 2.29 bits per heavy atom. The van der Waals surface area contributed by atoms with E-state index in [1.165, 1.54) is 13.2 Å². The van der Waals surface area contributed by atoms with E-state index in [9.17, 15) is 9.59 Å². The molecule has 0 heterocycles. The molecule has 1 N–H and O–H groups in total. The summed E-state index contributed by atoms with van der Waals surface area (Å²) in [6.07, 6.45) is 2.82. The molecule has 0 bridgehead atoms. The van der Waals surface area contributed by atoms with E-state index in [-0.39, 0.29) is 0 Å². The van der Waals surface area contributed by atoms with Crippen molar-refractivity contribution >= 4 is 12.1 Å². The molecule has 0 radical (unpaired) electrons. The fourth-order valence-corrected chi connectivity index (χ4v) is 1.90. The van der Waals surface area contributed by atoms with Crippen LogP contribution in [0.2, 0.25) is 0 Å². The Kier molecular flexibility index (Phi) is 7.30. The van der Waals surface area contributed by atoms with Crippen molar-refractivity contribution in [3.63, 3.8) is 0 Å². The summed E-state index contributed by atoms with van der Waals surface area (Å²) in [7, 11) is 2.90. The maximum absolute atomic E-state index is 12.0. The average molecular weight is 335 g/mol. The summed E-state index contributed by atoms with van der Waals surface area (Å²) < 4.78 is 15.0. The molecule has 1 rings (SSSR count). The normalized spacial score (nSPS) is 12.5. The van der Waals surface area contributed by atoms with Crippen LogP contribution in [0.25, 0.3) is 0 Å². The topological polar surface area (TPSA) is 73.9 Å². The van der Waals surface area contributed by atoms with Crippen molar-refractivity contribution in [3.05, 3.63) is 42.0 Å². The number of esters is 1. The van der Waals surface area contributed by atoms with Crippen LogP contribution in [0.5, 0.6) is 5.75 Å².